The van der Waals surface area contributed by atoms with Crippen LogP contribution in [0.25, 0.3) is 0 Å². The van der Waals surface area contributed by atoms with Gasteiger partial charge in [0.1, 0.15) is 0 Å². The SMILES string of the molecule is Cc1[nH]nc(NC(=O)Cc2c(Cl)cccc2Cl)c1C. The summed E-state index contributed by atoms with van der Waals surface area (Å²) in [6.07, 6.45) is 0.115. The number of hydrogen-bond donors (Lipinski definition) is 2. The maximum Gasteiger partial charge on any atom is 0.230 e. The highest BCUT2D eigenvalue weighted by atomic mass is 35.5. The van der Waals surface area contributed by atoms with Crippen LogP contribution in [0.2, 0.25) is 10.0 Å². The first-order chi connectivity index (χ1) is 8.99. The summed E-state index contributed by atoms with van der Waals surface area (Å²) in [5.41, 5.74) is 2.46. The van der Waals surface area contributed by atoms with Crippen LogP contribution in [-0.2, 0) is 11.2 Å². The molecule has 6 heteroatoms. The van der Waals surface area contributed by atoms with Gasteiger partial charge in [-0.25, -0.2) is 0 Å². The summed E-state index contributed by atoms with van der Waals surface area (Å²) in [4.78, 5) is 12.0. The number of amides is 1. The van der Waals surface area contributed by atoms with Crippen molar-refractivity contribution in [1.82, 2.24) is 10.2 Å². The van der Waals surface area contributed by atoms with E-state index in [1.165, 1.54) is 0 Å². The second kappa shape index (κ2) is 5.63. The maximum absolute atomic E-state index is 12.0. The molecule has 1 aromatic heterocycles. The van der Waals surface area contributed by atoms with Gasteiger partial charge in [0, 0.05) is 21.3 Å². The first-order valence-corrected chi connectivity index (χ1v) is 6.49. The fourth-order valence-electron chi connectivity index (χ4n) is 1.64. The van der Waals surface area contributed by atoms with Crippen molar-refractivity contribution in [2.45, 2.75) is 20.3 Å². The highest BCUT2D eigenvalue weighted by Crippen LogP contribution is 2.25. The standard InChI is InChI=1S/C13H13Cl2N3O/c1-7-8(2)17-18-13(7)16-12(19)6-9-10(14)4-3-5-11(9)15/h3-5H,6H2,1-2H3,(H2,16,17,18,19). The van der Waals surface area contributed by atoms with Gasteiger partial charge in [-0.2, -0.15) is 5.10 Å². The number of carbonyl (C=O) groups excluding carboxylic acids is 1. The summed E-state index contributed by atoms with van der Waals surface area (Å²) in [5.74, 6) is 0.329. The van der Waals surface area contributed by atoms with Crippen LogP contribution in [0.5, 0.6) is 0 Å². The summed E-state index contributed by atoms with van der Waals surface area (Å²) in [6, 6.07) is 5.16. The van der Waals surface area contributed by atoms with Gasteiger partial charge in [-0.05, 0) is 31.5 Å². The highest BCUT2D eigenvalue weighted by Gasteiger charge is 2.13. The molecular weight excluding hydrogens is 285 g/mol. The predicted molar refractivity (Wildman–Crippen MR) is 76.9 cm³/mol. The number of halogens is 2. The zero-order valence-corrected chi connectivity index (χ0v) is 12.1. The summed E-state index contributed by atoms with van der Waals surface area (Å²) < 4.78 is 0. The number of aryl methyl sites for hydroxylation is 1. The second-order valence-corrected chi connectivity index (χ2v) is 5.06. The fraction of sp³-hybridized carbons (Fsp3) is 0.231. The van der Waals surface area contributed by atoms with Crippen molar-refractivity contribution >= 4 is 34.9 Å². The summed E-state index contributed by atoms with van der Waals surface area (Å²) >= 11 is 12.1. The molecule has 2 aromatic rings. The molecule has 1 heterocycles. The van der Waals surface area contributed by atoms with Gasteiger partial charge in [0.2, 0.25) is 5.91 Å². The quantitative estimate of drug-likeness (QED) is 0.911. The van der Waals surface area contributed by atoms with Crippen LogP contribution in [0.3, 0.4) is 0 Å². The van der Waals surface area contributed by atoms with Crippen LogP contribution in [0.15, 0.2) is 18.2 Å². The van der Waals surface area contributed by atoms with Crippen LogP contribution >= 0.6 is 23.2 Å². The van der Waals surface area contributed by atoms with Crippen LogP contribution in [0, 0.1) is 13.8 Å². The summed E-state index contributed by atoms with van der Waals surface area (Å²) in [7, 11) is 0. The number of nitrogens with zero attached hydrogens (tertiary/aromatic N) is 1. The molecule has 19 heavy (non-hydrogen) atoms. The molecule has 0 aliphatic carbocycles. The molecule has 0 aliphatic rings. The molecule has 0 aliphatic heterocycles. The van der Waals surface area contributed by atoms with E-state index in [0.29, 0.717) is 21.4 Å². The molecule has 0 saturated carbocycles. The first kappa shape index (κ1) is 13.9. The summed E-state index contributed by atoms with van der Waals surface area (Å²) in [5, 5.41) is 10.5. The second-order valence-electron chi connectivity index (χ2n) is 4.25. The number of aromatic amines is 1. The molecule has 0 radical (unpaired) electrons. The molecule has 4 nitrogen and oxygen atoms in total. The maximum atomic E-state index is 12.0. The van der Waals surface area contributed by atoms with E-state index in [1.807, 2.05) is 13.8 Å². The molecule has 100 valence electrons. The minimum Gasteiger partial charge on any atom is -0.309 e. The molecular formula is C13H13Cl2N3O. The lowest BCUT2D eigenvalue weighted by molar-refractivity contribution is -0.115. The minimum atomic E-state index is -0.204. The minimum absolute atomic E-state index is 0.115. The van der Waals surface area contributed by atoms with E-state index in [0.717, 1.165) is 11.3 Å². The summed E-state index contributed by atoms with van der Waals surface area (Å²) in [6.45, 7) is 3.78. The Morgan fingerprint density at radius 1 is 1.32 bits per heavy atom. The number of nitrogens with one attached hydrogen (secondary N) is 2. The van der Waals surface area contributed by atoms with E-state index in [1.54, 1.807) is 18.2 Å². The van der Waals surface area contributed by atoms with E-state index in [4.69, 9.17) is 23.2 Å². The molecule has 0 fully saturated rings. The Bertz CT molecular complexity index is 602. The molecule has 0 atom stereocenters. The average molecular weight is 298 g/mol. The number of hydrogen-bond acceptors (Lipinski definition) is 2. The van der Waals surface area contributed by atoms with Gasteiger partial charge < -0.3 is 5.32 Å². The van der Waals surface area contributed by atoms with Crippen molar-refractivity contribution in [2.24, 2.45) is 0 Å². The Labute approximate surface area is 121 Å². The number of anilines is 1. The third-order valence-corrected chi connectivity index (χ3v) is 3.62. The third kappa shape index (κ3) is 3.08. The lowest BCUT2D eigenvalue weighted by atomic mass is 10.1. The Balaban J connectivity index is 2.12. The molecule has 0 bridgehead atoms. The van der Waals surface area contributed by atoms with Crippen molar-refractivity contribution < 1.29 is 4.79 Å². The number of rotatable bonds is 3. The molecule has 0 saturated heterocycles. The highest BCUT2D eigenvalue weighted by molar-refractivity contribution is 6.36. The van der Waals surface area contributed by atoms with Gasteiger partial charge in [-0.15, -0.1) is 0 Å². The number of aromatic nitrogens is 2. The van der Waals surface area contributed by atoms with Crippen molar-refractivity contribution in [3.8, 4) is 0 Å². The Morgan fingerprint density at radius 3 is 2.47 bits per heavy atom. The Kier molecular flexibility index (Phi) is 4.12. The van der Waals surface area contributed by atoms with E-state index in [-0.39, 0.29) is 12.3 Å². The fourth-order valence-corrected chi connectivity index (χ4v) is 2.18. The zero-order chi connectivity index (χ0) is 14.0. The lowest BCUT2D eigenvalue weighted by Gasteiger charge is -2.07. The van der Waals surface area contributed by atoms with Crippen molar-refractivity contribution in [2.75, 3.05) is 5.32 Å². The first-order valence-electron chi connectivity index (χ1n) is 5.73. The van der Waals surface area contributed by atoms with Gasteiger partial charge in [0.25, 0.3) is 0 Å². The molecule has 0 spiro atoms. The Hall–Kier alpha value is -1.52. The van der Waals surface area contributed by atoms with E-state index in [2.05, 4.69) is 15.5 Å². The molecule has 1 aromatic carbocycles. The third-order valence-electron chi connectivity index (χ3n) is 2.91. The number of H-pyrrole nitrogens is 1. The van der Waals surface area contributed by atoms with Crippen LogP contribution in [-0.4, -0.2) is 16.1 Å². The number of benzene rings is 1. The van der Waals surface area contributed by atoms with E-state index >= 15 is 0 Å². The van der Waals surface area contributed by atoms with Gasteiger partial charge in [-0.1, -0.05) is 29.3 Å². The van der Waals surface area contributed by atoms with Crippen molar-refractivity contribution in [3.05, 3.63) is 45.1 Å². The molecule has 2 rings (SSSR count). The van der Waals surface area contributed by atoms with Gasteiger partial charge in [-0.3, -0.25) is 9.89 Å². The van der Waals surface area contributed by atoms with Crippen LogP contribution in [0.4, 0.5) is 5.82 Å². The van der Waals surface area contributed by atoms with E-state index in [9.17, 15) is 4.79 Å². The van der Waals surface area contributed by atoms with E-state index < -0.39 is 0 Å². The predicted octanol–water partition coefficient (Wildman–Crippen LogP) is 3.51. The van der Waals surface area contributed by atoms with Crippen molar-refractivity contribution in [1.29, 1.82) is 0 Å². The topological polar surface area (TPSA) is 57.8 Å². The van der Waals surface area contributed by atoms with Gasteiger partial charge >= 0.3 is 0 Å². The Morgan fingerprint density at radius 2 is 1.95 bits per heavy atom. The largest absolute Gasteiger partial charge is 0.309 e. The average Bonchev–Trinajstić information content (AvgIpc) is 2.66. The van der Waals surface area contributed by atoms with Gasteiger partial charge in [0.05, 0.1) is 6.42 Å². The number of carbonyl (C=O) groups is 1. The normalized spacial score (nSPS) is 10.5. The van der Waals surface area contributed by atoms with Crippen molar-refractivity contribution in [3.63, 3.8) is 0 Å². The smallest absolute Gasteiger partial charge is 0.230 e. The lowest BCUT2D eigenvalue weighted by Crippen LogP contribution is -2.15. The molecule has 2 N–H and O–H groups in total. The van der Waals surface area contributed by atoms with Crippen LogP contribution in [0.1, 0.15) is 16.8 Å². The monoisotopic (exact) mass is 297 g/mol. The molecule has 1 amide bonds. The van der Waals surface area contributed by atoms with Crippen LogP contribution < -0.4 is 5.32 Å². The van der Waals surface area contributed by atoms with Gasteiger partial charge in [0.15, 0.2) is 5.82 Å². The molecule has 0 unspecified atom stereocenters. The zero-order valence-electron chi connectivity index (χ0n) is 10.6.